The maximum atomic E-state index is 11.9. The zero-order valence-corrected chi connectivity index (χ0v) is 10.9. The van der Waals surface area contributed by atoms with Gasteiger partial charge < -0.3 is 15.3 Å². The van der Waals surface area contributed by atoms with E-state index in [1.54, 1.807) is 23.2 Å². The van der Waals surface area contributed by atoms with Gasteiger partial charge in [-0.15, -0.1) is 0 Å². The number of hydrogen-bond acceptors (Lipinski definition) is 3. The van der Waals surface area contributed by atoms with Crippen molar-refractivity contribution in [1.82, 2.24) is 10.2 Å². The summed E-state index contributed by atoms with van der Waals surface area (Å²) in [4.78, 5) is 24.5. The topological polar surface area (TPSA) is 69.6 Å². The number of carboxylic acid groups (broad SMARTS) is 1. The Morgan fingerprint density at radius 2 is 2.39 bits per heavy atom. The fourth-order valence-corrected chi connectivity index (χ4v) is 2.90. The molecule has 0 aliphatic carbocycles. The number of amides is 2. The molecule has 98 valence electrons. The minimum absolute atomic E-state index is 0.183. The van der Waals surface area contributed by atoms with E-state index in [9.17, 15) is 9.59 Å². The van der Waals surface area contributed by atoms with Crippen LogP contribution in [0.5, 0.6) is 0 Å². The molecule has 6 heteroatoms. The Morgan fingerprint density at radius 1 is 1.61 bits per heavy atom. The third-order valence-corrected chi connectivity index (χ3v) is 4.09. The summed E-state index contributed by atoms with van der Waals surface area (Å²) in [6.07, 6.45) is 0.530. The Hall–Kier alpha value is -1.56. The summed E-state index contributed by atoms with van der Waals surface area (Å²) < 4.78 is 0. The van der Waals surface area contributed by atoms with Gasteiger partial charge in [-0.2, -0.15) is 11.3 Å². The molecule has 1 saturated heterocycles. The molecule has 1 aromatic rings. The number of rotatable bonds is 3. The molecule has 2 heterocycles. The van der Waals surface area contributed by atoms with Gasteiger partial charge in [-0.1, -0.05) is 0 Å². The summed E-state index contributed by atoms with van der Waals surface area (Å²) in [5.74, 6) is -1.27. The van der Waals surface area contributed by atoms with Crippen LogP contribution in [0.4, 0.5) is 4.79 Å². The number of carbonyl (C=O) groups is 2. The van der Waals surface area contributed by atoms with Gasteiger partial charge in [0.15, 0.2) is 0 Å². The number of urea groups is 1. The second kappa shape index (κ2) is 5.39. The lowest BCUT2D eigenvalue weighted by molar-refractivity contribution is -0.142. The molecule has 2 atom stereocenters. The number of carbonyl (C=O) groups excluding carboxylic acids is 1. The Morgan fingerprint density at radius 3 is 2.94 bits per heavy atom. The maximum absolute atomic E-state index is 11.9. The minimum Gasteiger partial charge on any atom is -0.481 e. The number of nitrogens with one attached hydrogen (secondary N) is 1. The van der Waals surface area contributed by atoms with Gasteiger partial charge in [0, 0.05) is 19.1 Å². The second-order valence-corrected chi connectivity index (χ2v) is 5.24. The first kappa shape index (κ1) is 12.9. The van der Waals surface area contributed by atoms with E-state index in [0.717, 1.165) is 5.56 Å². The monoisotopic (exact) mass is 268 g/mol. The highest BCUT2D eigenvalue weighted by atomic mass is 32.1. The molecule has 0 saturated carbocycles. The summed E-state index contributed by atoms with van der Waals surface area (Å²) in [5.41, 5.74) is 1.06. The van der Waals surface area contributed by atoms with Crippen LogP contribution in [-0.2, 0) is 11.3 Å². The molecule has 1 aliphatic rings. The van der Waals surface area contributed by atoms with E-state index in [1.165, 1.54) is 0 Å². The first-order chi connectivity index (χ1) is 8.59. The van der Waals surface area contributed by atoms with Gasteiger partial charge >= 0.3 is 12.0 Å². The lowest BCUT2D eigenvalue weighted by Crippen LogP contribution is -2.43. The number of hydrogen-bond donors (Lipinski definition) is 2. The number of aliphatic carboxylic acids is 1. The van der Waals surface area contributed by atoms with Crippen molar-refractivity contribution in [3.63, 3.8) is 0 Å². The average Bonchev–Trinajstić information content (AvgIpc) is 2.94. The third kappa shape index (κ3) is 2.64. The molecule has 1 aliphatic heterocycles. The lowest BCUT2D eigenvalue weighted by atomic mass is 10.0. The van der Waals surface area contributed by atoms with Gasteiger partial charge in [0.2, 0.25) is 0 Å². The molecule has 0 aromatic carbocycles. The van der Waals surface area contributed by atoms with Crippen LogP contribution in [0.1, 0.15) is 18.9 Å². The standard InChI is InChI=1S/C12H16N2O3S/c1-8-10(11(15)16)2-4-14(8)12(17)13-6-9-3-5-18-7-9/h3,5,7-8,10H,2,4,6H2,1H3,(H,13,17)(H,15,16). The second-order valence-electron chi connectivity index (χ2n) is 4.46. The van der Waals surface area contributed by atoms with E-state index in [-0.39, 0.29) is 12.1 Å². The smallest absolute Gasteiger partial charge is 0.317 e. The Balaban J connectivity index is 1.88. The number of likely N-dealkylation sites (tertiary alicyclic amines) is 1. The SMILES string of the molecule is CC1C(C(=O)O)CCN1C(=O)NCc1ccsc1. The molecule has 2 unspecified atom stereocenters. The fourth-order valence-electron chi connectivity index (χ4n) is 2.23. The van der Waals surface area contributed by atoms with E-state index < -0.39 is 11.9 Å². The molecular formula is C12H16N2O3S. The lowest BCUT2D eigenvalue weighted by Gasteiger charge is -2.23. The van der Waals surface area contributed by atoms with Gasteiger partial charge in [-0.25, -0.2) is 4.79 Å². The van der Waals surface area contributed by atoms with E-state index in [1.807, 2.05) is 16.8 Å². The van der Waals surface area contributed by atoms with Crippen LogP contribution in [0.15, 0.2) is 16.8 Å². The molecule has 0 spiro atoms. The number of thiophene rings is 1. The molecular weight excluding hydrogens is 252 g/mol. The maximum Gasteiger partial charge on any atom is 0.317 e. The van der Waals surface area contributed by atoms with Crippen molar-refractivity contribution in [1.29, 1.82) is 0 Å². The summed E-state index contributed by atoms with van der Waals surface area (Å²) in [7, 11) is 0. The average molecular weight is 268 g/mol. The molecule has 0 bridgehead atoms. The van der Waals surface area contributed by atoms with E-state index in [2.05, 4.69) is 5.32 Å². The molecule has 5 nitrogen and oxygen atoms in total. The predicted octanol–water partition coefficient (Wildman–Crippen LogP) is 1.75. The van der Waals surface area contributed by atoms with Crippen LogP contribution < -0.4 is 5.32 Å². The highest BCUT2D eigenvalue weighted by Crippen LogP contribution is 2.24. The molecule has 2 N–H and O–H groups in total. The van der Waals surface area contributed by atoms with Crippen molar-refractivity contribution >= 4 is 23.3 Å². The van der Waals surface area contributed by atoms with Gasteiger partial charge in [0.1, 0.15) is 0 Å². The van der Waals surface area contributed by atoms with Gasteiger partial charge in [-0.05, 0) is 35.7 Å². The number of nitrogens with zero attached hydrogens (tertiary/aromatic N) is 1. The summed E-state index contributed by atoms with van der Waals surface area (Å²) in [6.45, 7) is 2.78. The molecule has 1 fully saturated rings. The van der Waals surface area contributed by atoms with Crippen molar-refractivity contribution in [3.8, 4) is 0 Å². The van der Waals surface area contributed by atoms with Gasteiger partial charge in [0.25, 0.3) is 0 Å². The number of carboxylic acids is 1. The van der Waals surface area contributed by atoms with Crippen LogP contribution in [-0.4, -0.2) is 34.6 Å². The van der Waals surface area contributed by atoms with Crippen LogP contribution >= 0.6 is 11.3 Å². The largest absolute Gasteiger partial charge is 0.481 e. The minimum atomic E-state index is -0.823. The predicted molar refractivity (Wildman–Crippen MR) is 68.5 cm³/mol. The zero-order valence-electron chi connectivity index (χ0n) is 10.1. The van der Waals surface area contributed by atoms with Gasteiger partial charge in [-0.3, -0.25) is 4.79 Å². The summed E-state index contributed by atoms with van der Waals surface area (Å²) in [5, 5.41) is 15.8. The normalized spacial score (nSPS) is 23.1. The van der Waals surface area contributed by atoms with Crippen molar-refractivity contribution in [2.24, 2.45) is 5.92 Å². The van der Waals surface area contributed by atoms with Crippen LogP contribution in [0.25, 0.3) is 0 Å². The highest BCUT2D eigenvalue weighted by molar-refractivity contribution is 7.07. The van der Waals surface area contributed by atoms with Crippen molar-refractivity contribution in [2.75, 3.05) is 6.54 Å². The van der Waals surface area contributed by atoms with Crippen LogP contribution in [0, 0.1) is 5.92 Å². The Kier molecular flexibility index (Phi) is 3.86. The van der Waals surface area contributed by atoms with Crippen LogP contribution in [0.2, 0.25) is 0 Å². The molecule has 2 amide bonds. The van der Waals surface area contributed by atoms with E-state index in [0.29, 0.717) is 19.5 Å². The summed E-state index contributed by atoms with van der Waals surface area (Å²) >= 11 is 1.59. The van der Waals surface area contributed by atoms with E-state index in [4.69, 9.17) is 5.11 Å². The first-order valence-electron chi connectivity index (χ1n) is 5.88. The highest BCUT2D eigenvalue weighted by Gasteiger charge is 2.37. The molecule has 18 heavy (non-hydrogen) atoms. The molecule has 0 radical (unpaired) electrons. The quantitative estimate of drug-likeness (QED) is 0.877. The Bertz CT molecular complexity index is 433. The van der Waals surface area contributed by atoms with E-state index >= 15 is 0 Å². The van der Waals surface area contributed by atoms with Crippen molar-refractivity contribution in [3.05, 3.63) is 22.4 Å². The summed E-state index contributed by atoms with van der Waals surface area (Å²) in [6, 6.07) is 1.53. The van der Waals surface area contributed by atoms with Gasteiger partial charge in [0.05, 0.1) is 5.92 Å². The Labute approximate surface area is 109 Å². The fraction of sp³-hybridized carbons (Fsp3) is 0.500. The zero-order chi connectivity index (χ0) is 13.1. The van der Waals surface area contributed by atoms with Crippen molar-refractivity contribution in [2.45, 2.75) is 25.9 Å². The molecule has 2 rings (SSSR count). The third-order valence-electron chi connectivity index (χ3n) is 3.36. The van der Waals surface area contributed by atoms with Crippen LogP contribution in [0.3, 0.4) is 0 Å². The van der Waals surface area contributed by atoms with Crippen molar-refractivity contribution < 1.29 is 14.7 Å². The first-order valence-corrected chi connectivity index (χ1v) is 6.82. The molecule has 1 aromatic heterocycles.